The number of methoxy groups -OCH3 is 1. The summed E-state index contributed by atoms with van der Waals surface area (Å²) in [6.45, 7) is 3.76. The van der Waals surface area contributed by atoms with Gasteiger partial charge in [0.25, 0.3) is 5.91 Å². The van der Waals surface area contributed by atoms with Gasteiger partial charge < -0.3 is 10.1 Å². The van der Waals surface area contributed by atoms with Crippen molar-refractivity contribution in [3.63, 3.8) is 0 Å². The standard InChI is InChI=1S/C12H15FN2O4/c1-12(2,7-19-3)14-11(16)8-4-5-9(13)10(6-8)15(17)18/h4-6H,7H2,1-3H3,(H,14,16). The highest BCUT2D eigenvalue weighted by Gasteiger charge is 2.23. The van der Waals surface area contributed by atoms with E-state index in [-0.39, 0.29) is 12.2 Å². The molecule has 0 heterocycles. The molecule has 0 radical (unpaired) electrons. The maximum atomic E-state index is 13.1. The second-order valence-corrected chi connectivity index (χ2v) is 4.69. The molecular formula is C12H15FN2O4. The third kappa shape index (κ3) is 3.99. The monoisotopic (exact) mass is 270 g/mol. The zero-order chi connectivity index (χ0) is 14.6. The Morgan fingerprint density at radius 3 is 2.68 bits per heavy atom. The van der Waals surface area contributed by atoms with E-state index in [4.69, 9.17) is 4.74 Å². The summed E-state index contributed by atoms with van der Waals surface area (Å²) in [5.74, 6) is -1.50. The number of ether oxygens (including phenoxy) is 1. The van der Waals surface area contributed by atoms with Gasteiger partial charge in [-0.1, -0.05) is 0 Å². The van der Waals surface area contributed by atoms with E-state index >= 15 is 0 Å². The number of hydrogen-bond donors (Lipinski definition) is 1. The Labute approximate surface area is 109 Å². The number of carbonyl (C=O) groups excluding carboxylic acids is 1. The lowest BCUT2D eigenvalue weighted by atomic mass is 10.1. The molecule has 0 spiro atoms. The van der Waals surface area contributed by atoms with Crippen LogP contribution in [-0.2, 0) is 4.74 Å². The Morgan fingerprint density at radius 2 is 2.16 bits per heavy atom. The molecule has 1 N–H and O–H groups in total. The van der Waals surface area contributed by atoms with Crippen LogP contribution < -0.4 is 5.32 Å². The molecule has 6 nitrogen and oxygen atoms in total. The number of nitrogens with one attached hydrogen (secondary N) is 1. The number of benzene rings is 1. The molecule has 0 saturated carbocycles. The molecule has 1 amide bonds. The lowest BCUT2D eigenvalue weighted by molar-refractivity contribution is -0.387. The van der Waals surface area contributed by atoms with Gasteiger partial charge in [-0.25, -0.2) is 0 Å². The molecule has 0 aromatic heterocycles. The van der Waals surface area contributed by atoms with Gasteiger partial charge >= 0.3 is 5.69 Å². The van der Waals surface area contributed by atoms with E-state index in [1.807, 2.05) is 0 Å². The van der Waals surface area contributed by atoms with Crippen LogP contribution >= 0.6 is 0 Å². The normalized spacial score (nSPS) is 11.2. The van der Waals surface area contributed by atoms with E-state index in [1.54, 1.807) is 13.8 Å². The maximum Gasteiger partial charge on any atom is 0.305 e. The second-order valence-electron chi connectivity index (χ2n) is 4.69. The maximum absolute atomic E-state index is 13.1. The van der Waals surface area contributed by atoms with Crippen LogP contribution in [0, 0.1) is 15.9 Å². The Bertz CT molecular complexity index is 503. The van der Waals surface area contributed by atoms with Gasteiger partial charge in [0.05, 0.1) is 17.1 Å². The fourth-order valence-electron chi connectivity index (χ4n) is 1.57. The van der Waals surface area contributed by atoms with E-state index < -0.39 is 27.9 Å². The molecule has 0 aliphatic carbocycles. The molecule has 7 heteroatoms. The Kier molecular flexibility index (Phi) is 4.55. The Balaban J connectivity index is 2.95. The van der Waals surface area contributed by atoms with Gasteiger partial charge in [-0.15, -0.1) is 0 Å². The molecule has 0 unspecified atom stereocenters. The summed E-state index contributed by atoms with van der Waals surface area (Å²) in [5.41, 5.74) is -1.33. The quantitative estimate of drug-likeness (QED) is 0.654. The van der Waals surface area contributed by atoms with Crippen molar-refractivity contribution in [1.82, 2.24) is 5.32 Å². The first-order valence-electron chi connectivity index (χ1n) is 5.52. The molecule has 19 heavy (non-hydrogen) atoms. The minimum Gasteiger partial charge on any atom is -0.382 e. The van der Waals surface area contributed by atoms with Crippen LogP contribution in [0.1, 0.15) is 24.2 Å². The van der Waals surface area contributed by atoms with Gasteiger partial charge in [-0.3, -0.25) is 14.9 Å². The lowest BCUT2D eigenvalue weighted by Crippen LogP contribution is -2.46. The number of carbonyl (C=O) groups is 1. The van der Waals surface area contributed by atoms with Crippen molar-refractivity contribution >= 4 is 11.6 Å². The van der Waals surface area contributed by atoms with Gasteiger partial charge in [-0.05, 0) is 26.0 Å². The molecule has 1 aromatic carbocycles. The minimum atomic E-state index is -0.974. The summed E-state index contributed by atoms with van der Waals surface area (Å²) in [6, 6.07) is 3.00. The van der Waals surface area contributed by atoms with Crippen LogP contribution in [0.2, 0.25) is 0 Å². The van der Waals surface area contributed by atoms with Crippen molar-refractivity contribution in [1.29, 1.82) is 0 Å². The summed E-state index contributed by atoms with van der Waals surface area (Å²) < 4.78 is 18.1. The second kappa shape index (κ2) is 5.75. The molecule has 0 bridgehead atoms. The summed E-state index contributed by atoms with van der Waals surface area (Å²) >= 11 is 0. The number of nitro groups is 1. The van der Waals surface area contributed by atoms with Crippen LogP contribution in [0.5, 0.6) is 0 Å². The molecule has 0 aliphatic rings. The van der Waals surface area contributed by atoms with Crippen LogP contribution in [0.25, 0.3) is 0 Å². The fraction of sp³-hybridized carbons (Fsp3) is 0.417. The molecule has 1 aromatic rings. The SMILES string of the molecule is COCC(C)(C)NC(=O)c1ccc(F)c([N+](=O)[O-])c1. The average molecular weight is 270 g/mol. The minimum absolute atomic E-state index is 0.0253. The predicted octanol–water partition coefficient (Wildman–Crippen LogP) is 1.89. The molecule has 104 valence electrons. The fourth-order valence-corrected chi connectivity index (χ4v) is 1.57. The zero-order valence-electron chi connectivity index (χ0n) is 10.9. The van der Waals surface area contributed by atoms with Gasteiger partial charge in [-0.2, -0.15) is 4.39 Å². The largest absolute Gasteiger partial charge is 0.382 e. The van der Waals surface area contributed by atoms with Crippen molar-refractivity contribution in [2.24, 2.45) is 0 Å². The van der Waals surface area contributed by atoms with E-state index in [0.717, 1.165) is 12.1 Å². The van der Waals surface area contributed by atoms with Crippen LogP contribution in [0.15, 0.2) is 18.2 Å². The first-order valence-corrected chi connectivity index (χ1v) is 5.52. The molecule has 0 atom stereocenters. The highest BCUT2D eigenvalue weighted by atomic mass is 19.1. The first-order chi connectivity index (χ1) is 8.76. The summed E-state index contributed by atoms with van der Waals surface area (Å²) in [5, 5.41) is 13.2. The Morgan fingerprint density at radius 1 is 1.53 bits per heavy atom. The van der Waals surface area contributed by atoms with Crippen molar-refractivity contribution in [3.05, 3.63) is 39.7 Å². The average Bonchev–Trinajstić information content (AvgIpc) is 2.28. The van der Waals surface area contributed by atoms with Crippen molar-refractivity contribution in [3.8, 4) is 0 Å². The third-order valence-corrected chi connectivity index (χ3v) is 2.36. The van der Waals surface area contributed by atoms with Gasteiger partial charge in [0.15, 0.2) is 0 Å². The highest BCUT2D eigenvalue weighted by molar-refractivity contribution is 5.95. The van der Waals surface area contributed by atoms with E-state index in [0.29, 0.717) is 0 Å². The van der Waals surface area contributed by atoms with Gasteiger partial charge in [0, 0.05) is 18.7 Å². The van der Waals surface area contributed by atoms with E-state index in [1.165, 1.54) is 13.2 Å². The van der Waals surface area contributed by atoms with Crippen LogP contribution in [0.3, 0.4) is 0 Å². The Hall–Kier alpha value is -2.02. The molecule has 0 fully saturated rings. The van der Waals surface area contributed by atoms with Crippen LogP contribution in [-0.4, -0.2) is 30.1 Å². The number of nitro benzene ring substituents is 1. The molecular weight excluding hydrogens is 255 g/mol. The zero-order valence-corrected chi connectivity index (χ0v) is 10.9. The van der Waals surface area contributed by atoms with Gasteiger partial charge in [0.2, 0.25) is 5.82 Å². The first kappa shape index (κ1) is 15.0. The molecule has 0 saturated heterocycles. The number of hydrogen-bond acceptors (Lipinski definition) is 4. The van der Waals surface area contributed by atoms with Crippen molar-refractivity contribution < 1.29 is 18.8 Å². The summed E-state index contributed by atoms with van der Waals surface area (Å²) in [7, 11) is 1.50. The highest BCUT2D eigenvalue weighted by Crippen LogP contribution is 2.19. The number of amides is 1. The molecule has 0 aliphatic heterocycles. The molecule has 1 rings (SSSR count). The summed E-state index contributed by atoms with van der Waals surface area (Å²) in [6.07, 6.45) is 0. The predicted molar refractivity (Wildman–Crippen MR) is 66.5 cm³/mol. The summed E-state index contributed by atoms with van der Waals surface area (Å²) in [4.78, 5) is 21.6. The van der Waals surface area contributed by atoms with Crippen molar-refractivity contribution in [2.75, 3.05) is 13.7 Å². The number of rotatable bonds is 5. The van der Waals surface area contributed by atoms with Crippen LogP contribution in [0.4, 0.5) is 10.1 Å². The van der Waals surface area contributed by atoms with Crippen molar-refractivity contribution in [2.45, 2.75) is 19.4 Å². The van der Waals surface area contributed by atoms with E-state index in [9.17, 15) is 19.3 Å². The third-order valence-electron chi connectivity index (χ3n) is 2.36. The smallest absolute Gasteiger partial charge is 0.305 e. The van der Waals surface area contributed by atoms with E-state index in [2.05, 4.69) is 5.32 Å². The topological polar surface area (TPSA) is 81.5 Å². The number of halogens is 1. The van der Waals surface area contributed by atoms with Gasteiger partial charge in [0.1, 0.15) is 0 Å². The lowest BCUT2D eigenvalue weighted by Gasteiger charge is -2.25. The number of nitrogens with zero attached hydrogens (tertiary/aromatic N) is 1.